The molecule has 0 radical (unpaired) electrons. The zero-order valence-electron chi connectivity index (χ0n) is 15.0. The van der Waals surface area contributed by atoms with Gasteiger partial charge in [-0.05, 0) is 19.4 Å². The predicted octanol–water partition coefficient (Wildman–Crippen LogP) is 1.35. The second-order valence-corrected chi connectivity index (χ2v) is 6.34. The van der Waals surface area contributed by atoms with Crippen LogP contribution in [-0.2, 0) is 6.42 Å². The van der Waals surface area contributed by atoms with Crippen molar-refractivity contribution < 1.29 is 4.79 Å². The van der Waals surface area contributed by atoms with Crippen molar-refractivity contribution in [3.8, 4) is 0 Å². The molecule has 0 bridgehead atoms. The molecule has 134 valence electrons. The summed E-state index contributed by atoms with van der Waals surface area (Å²) in [5.41, 5.74) is 2.33. The number of aryl methyl sites for hydroxylation is 2. The van der Waals surface area contributed by atoms with E-state index in [0.29, 0.717) is 30.3 Å². The molecule has 0 N–H and O–H groups in total. The van der Waals surface area contributed by atoms with Crippen LogP contribution in [0.5, 0.6) is 0 Å². The number of amides is 1. The summed E-state index contributed by atoms with van der Waals surface area (Å²) in [5.74, 6) is 1.48. The fourth-order valence-corrected chi connectivity index (χ4v) is 3.30. The number of rotatable bonds is 3. The highest BCUT2D eigenvalue weighted by Crippen LogP contribution is 2.17. The highest BCUT2D eigenvalue weighted by Gasteiger charge is 2.26. The van der Waals surface area contributed by atoms with Crippen molar-refractivity contribution in [2.75, 3.05) is 31.1 Å². The van der Waals surface area contributed by atoms with Gasteiger partial charge in [0.1, 0.15) is 17.8 Å². The molecule has 0 atom stereocenters. The Bertz CT molecular complexity index is 944. The zero-order chi connectivity index (χ0) is 18.1. The second-order valence-electron chi connectivity index (χ2n) is 6.34. The molecule has 1 fully saturated rings. The first-order valence-corrected chi connectivity index (χ1v) is 8.82. The summed E-state index contributed by atoms with van der Waals surface area (Å²) < 4.78 is 1.77. The van der Waals surface area contributed by atoms with E-state index in [9.17, 15) is 4.79 Å². The predicted molar refractivity (Wildman–Crippen MR) is 97.3 cm³/mol. The molecule has 0 saturated carbocycles. The minimum Gasteiger partial charge on any atom is -0.353 e. The lowest BCUT2D eigenvalue weighted by Crippen LogP contribution is -2.49. The smallest absolute Gasteiger partial charge is 0.272 e. The molecule has 1 aliphatic heterocycles. The van der Waals surface area contributed by atoms with Gasteiger partial charge in [-0.3, -0.25) is 9.20 Å². The second kappa shape index (κ2) is 6.70. The molecule has 8 nitrogen and oxygen atoms in total. The van der Waals surface area contributed by atoms with Gasteiger partial charge in [0, 0.05) is 50.3 Å². The zero-order valence-corrected chi connectivity index (χ0v) is 15.0. The van der Waals surface area contributed by atoms with E-state index < -0.39 is 0 Å². The number of imidazole rings is 1. The Morgan fingerprint density at radius 1 is 1.15 bits per heavy atom. The van der Waals surface area contributed by atoms with Crippen molar-refractivity contribution in [3.63, 3.8) is 0 Å². The number of carbonyl (C=O) groups is 1. The minimum absolute atomic E-state index is 0.000384. The summed E-state index contributed by atoms with van der Waals surface area (Å²) in [4.78, 5) is 34.3. The first-order valence-electron chi connectivity index (χ1n) is 8.82. The Hall–Kier alpha value is -3.03. The molecule has 3 aromatic heterocycles. The molecule has 0 aromatic carbocycles. The van der Waals surface area contributed by atoms with E-state index in [-0.39, 0.29) is 5.91 Å². The Morgan fingerprint density at radius 3 is 2.73 bits per heavy atom. The third kappa shape index (κ3) is 2.87. The maximum Gasteiger partial charge on any atom is 0.272 e. The molecular weight excluding hydrogens is 330 g/mol. The third-order valence-corrected chi connectivity index (χ3v) is 4.74. The van der Waals surface area contributed by atoms with Gasteiger partial charge in [-0.2, -0.15) is 0 Å². The van der Waals surface area contributed by atoms with Crippen LogP contribution in [0.1, 0.15) is 28.8 Å². The number of carbonyl (C=O) groups excluding carboxylic acids is 1. The van der Waals surface area contributed by atoms with Crippen molar-refractivity contribution in [1.82, 2.24) is 29.2 Å². The maximum absolute atomic E-state index is 13.0. The Kier molecular flexibility index (Phi) is 4.24. The van der Waals surface area contributed by atoms with E-state index in [1.54, 1.807) is 16.9 Å². The molecule has 0 unspecified atom stereocenters. The number of piperazine rings is 1. The lowest BCUT2D eigenvalue weighted by molar-refractivity contribution is 0.0738. The Morgan fingerprint density at radius 2 is 1.96 bits per heavy atom. The standard InChI is InChI=1S/C18H21N7O/c1-3-14-11-15(21-12-20-14)23-7-9-24(10-8-23)17(26)16-13(2)22-18-19-5-4-6-25(16)18/h4-6,11-12H,3,7-10H2,1-2H3. The van der Waals surface area contributed by atoms with Gasteiger partial charge >= 0.3 is 0 Å². The van der Waals surface area contributed by atoms with Crippen LogP contribution in [0.2, 0.25) is 0 Å². The minimum atomic E-state index is -0.000384. The summed E-state index contributed by atoms with van der Waals surface area (Å²) in [6, 6.07) is 3.83. The van der Waals surface area contributed by atoms with Crippen LogP contribution in [0.4, 0.5) is 5.82 Å². The van der Waals surface area contributed by atoms with Gasteiger partial charge in [0.15, 0.2) is 0 Å². The van der Waals surface area contributed by atoms with Gasteiger partial charge in [-0.25, -0.2) is 19.9 Å². The summed E-state index contributed by atoms with van der Waals surface area (Å²) in [6.45, 7) is 6.73. The normalized spacial score (nSPS) is 14.8. The maximum atomic E-state index is 13.0. The number of hydrogen-bond acceptors (Lipinski definition) is 6. The van der Waals surface area contributed by atoms with Crippen LogP contribution in [0, 0.1) is 6.92 Å². The van der Waals surface area contributed by atoms with Gasteiger partial charge in [-0.15, -0.1) is 0 Å². The summed E-state index contributed by atoms with van der Waals surface area (Å²) in [7, 11) is 0. The molecule has 1 saturated heterocycles. The van der Waals surface area contributed by atoms with Crippen molar-refractivity contribution in [3.05, 3.63) is 47.9 Å². The van der Waals surface area contributed by atoms with E-state index >= 15 is 0 Å². The average Bonchev–Trinajstić information content (AvgIpc) is 3.03. The third-order valence-electron chi connectivity index (χ3n) is 4.74. The Labute approximate surface area is 151 Å². The summed E-state index contributed by atoms with van der Waals surface area (Å²) in [5, 5.41) is 0. The van der Waals surface area contributed by atoms with E-state index in [2.05, 4.69) is 31.8 Å². The van der Waals surface area contributed by atoms with E-state index in [0.717, 1.165) is 31.0 Å². The average molecular weight is 351 g/mol. The largest absolute Gasteiger partial charge is 0.353 e. The molecule has 4 rings (SSSR count). The molecule has 3 aromatic rings. The van der Waals surface area contributed by atoms with E-state index in [1.807, 2.05) is 30.2 Å². The highest BCUT2D eigenvalue weighted by atomic mass is 16.2. The number of nitrogens with zero attached hydrogens (tertiary/aromatic N) is 7. The van der Waals surface area contributed by atoms with Crippen molar-refractivity contribution in [1.29, 1.82) is 0 Å². The quantitative estimate of drug-likeness (QED) is 0.709. The fraction of sp³-hybridized carbons (Fsp3) is 0.389. The SMILES string of the molecule is CCc1cc(N2CCN(C(=O)c3c(C)nc4ncccn34)CC2)ncn1. The van der Waals surface area contributed by atoms with E-state index in [1.165, 1.54) is 0 Å². The van der Waals surface area contributed by atoms with Crippen LogP contribution in [0.15, 0.2) is 30.9 Å². The van der Waals surface area contributed by atoms with Crippen molar-refractivity contribution >= 4 is 17.5 Å². The van der Waals surface area contributed by atoms with Crippen LogP contribution < -0.4 is 4.90 Å². The lowest BCUT2D eigenvalue weighted by Gasteiger charge is -2.35. The summed E-state index contributed by atoms with van der Waals surface area (Å²) in [6.07, 6.45) is 6.01. The summed E-state index contributed by atoms with van der Waals surface area (Å²) >= 11 is 0. The molecule has 1 aliphatic rings. The first-order chi connectivity index (χ1) is 12.7. The molecule has 8 heteroatoms. The highest BCUT2D eigenvalue weighted by molar-refractivity contribution is 5.94. The molecular formula is C18H21N7O. The van der Waals surface area contributed by atoms with Crippen LogP contribution in [0.25, 0.3) is 5.78 Å². The molecule has 0 aliphatic carbocycles. The van der Waals surface area contributed by atoms with Gasteiger partial charge in [-0.1, -0.05) is 6.92 Å². The van der Waals surface area contributed by atoms with E-state index in [4.69, 9.17) is 0 Å². The molecule has 4 heterocycles. The van der Waals surface area contributed by atoms with Crippen LogP contribution >= 0.6 is 0 Å². The molecule has 0 spiro atoms. The monoisotopic (exact) mass is 351 g/mol. The van der Waals surface area contributed by atoms with Gasteiger partial charge in [0.05, 0.1) is 5.69 Å². The Balaban J connectivity index is 1.50. The van der Waals surface area contributed by atoms with Crippen LogP contribution in [0.3, 0.4) is 0 Å². The van der Waals surface area contributed by atoms with Crippen LogP contribution in [-0.4, -0.2) is 61.3 Å². The van der Waals surface area contributed by atoms with Gasteiger partial charge in [0.25, 0.3) is 5.91 Å². The molecule has 26 heavy (non-hydrogen) atoms. The number of aromatic nitrogens is 5. The van der Waals surface area contributed by atoms with Gasteiger partial charge in [0.2, 0.25) is 5.78 Å². The lowest BCUT2D eigenvalue weighted by atomic mass is 10.2. The number of fused-ring (bicyclic) bond motifs is 1. The first kappa shape index (κ1) is 16.4. The fourth-order valence-electron chi connectivity index (χ4n) is 3.30. The van der Waals surface area contributed by atoms with Gasteiger partial charge < -0.3 is 9.80 Å². The number of anilines is 1. The topological polar surface area (TPSA) is 79.5 Å². The van der Waals surface area contributed by atoms with Crippen molar-refractivity contribution in [2.45, 2.75) is 20.3 Å². The molecule has 1 amide bonds. The van der Waals surface area contributed by atoms with Crippen molar-refractivity contribution in [2.24, 2.45) is 0 Å². The number of hydrogen-bond donors (Lipinski definition) is 0.